The molecule has 5 nitrogen and oxygen atoms in total. The summed E-state index contributed by atoms with van der Waals surface area (Å²) in [6.07, 6.45) is 6.91. The molecule has 1 N–H and O–H groups in total. The number of hydrogen-bond donors (Lipinski definition) is 1. The number of halogens is 2. The second kappa shape index (κ2) is 9.07. The molecule has 3 aromatic rings. The van der Waals surface area contributed by atoms with E-state index in [9.17, 15) is 13.6 Å². The summed E-state index contributed by atoms with van der Waals surface area (Å²) in [7, 11) is 0. The van der Waals surface area contributed by atoms with Crippen LogP contribution in [0.25, 0.3) is 5.69 Å². The Morgan fingerprint density at radius 3 is 2.30 bits per heavy atom. The van der Waals surface area contributed by atoms with Crippen LogP contribution in [0.4, 0.5) is 8.78 Å². The number of benzene rings is 2. The SMILES string of the molecule is O=C(NC1CCCCC1)c1nn(-c2ccc(F)cc2)cc1OCc1ccc(F)cc1. The summed E-state index contributed by atoms with van der Waals surface area (Å²) in [6, 6.07) is 11.9. The van der Waals surface area contributed by atoms with E-state index < -0.39 is 0 Å². The van der Waals surface area contributed by atoms with E-state index in [-0.39, 0.29) is 35.9 Å². The van der Waals surface area contributed by atoms with E-state index in [4.69, 9.17) is 4.74 Å². The Bertz CT molecular complexity index is 994. The Morgan fingerprint density at radius 2 is 1.63 bits per heavy atom. The van der Waals surface area contributed by atoms with Gasteiger partial charge >= 0.3 is 0 Å². The lowest BCUT2D eigenvalue weighted by atomic mass is 9.95. The van der Waals surface area contributed by atoms with E-state index in [1.54, 1.807) is 30.5 Å². The highest BCUT2D eigenvalue weighted by atomic mass is 19.1. The van der Waals surface area contributed by atoms with E-state index in [1.807, 2.05) is 0 Å². The van der Waals surface area contributed by atoms with Gasteiger partial charge in [0.15, 0.2) is 11.4 Å². The van der Waals surface area contributed by atoms with Crippen molar-refractivity contribution in [3.63, 3.8) is 0 Å². The summed E-state index contributed by atoms with van der Waals surface area (Å²) in [5, 5.41) is 7.45. The number of nitrogens with one attached hydrogen (secondary N) is 1. The third kappa shape index (κ3) is 4.84. The zero-order chi connectivity index (χ0) is 20.9. The Balaban J connectivity index is 1.57. The van der Waals surface area contributed by atoms with E-state index >= 15 is 0 Å². The summed E-state index contributed by atoms with van der Waals surface area (Å²) < 4.78 is 33.7. The number of carbonyl (C=O) groups is 1. The number of aromatic nitrogens is 2. The predicted molar refractivity (Wildman–Crippen MR) is 109 cm³/mol. The van der Waals surface area contributed by atoms with Gasteiger partial charge in [-0.25, -0.2) is 13.5 Å². The van der Waals surface area contributed by atoms with Gasteiger partial charge in [-0.05, 0) is 54.8 Å². The fourth-order valence-corrected chi connectivity index (χ4v) is 3.59. The molecular weight excluding hydrogens is 388 g/mol. The van der Waals surface area contributed by atoms with Crippen LogP contribution in [0.1, 0.15) is 48.2 Å². The molecule has 1 aliphatic carbocycles. The van der Waals surface area contributed by atoms with Crippen molar-refractivity contribution in [3.8, 4) is 11.4 Å². The number of hydrogen-bond acceptors (Lipinski definition) is 3. The zero-order valence-corrected chi connectivity index (χ0v) is 16.5. The average molecular weight is 411 g/mol. The lowest BCUT2D eigenvalue weighted by molar-refractivity contribution is 0.0917. The monoisotopic (exact) mass is 411 g/mol. The summed E-state index contributed by atoms with van der Waals surface area (Å²) >= 11 is 0. The van der Waals surface area contributed by atoms with Crippen LogP contribution in [-0.2, 0) is 6.61 Å². The first-order valence-electron chi connectivity index (χ1n) is 10.1. The number of carbonyl (C=O) groups excluding carboxylic acids is 1. The van der Waals surface area contributed by atoms with Crippen molar-refractivity contribution in [2.45, 2.75) is 44.8 Å². The van der Waals surface area contributed by atoms with E-state index in [0.717, 1.165) is 31.2 Å². The minimum absolute atomic E-state index is 0.132. The Kier molecular flexibility index (Phi) is 6.07. The zero-order valence-electron chi connectivity index (χ0n) is 16.5. The van der Waals surface area contributed by atoms with Crippen molar-refractivity contribution in [1.82, 2.24) is 15.1 Å². The molecule has 0 unspecified atom stereocenters. The summed E-state index contributed by atoms with van der Waals surface area (Å²) in [4.78, 5) is 12.9. The van der Waals surface area contributed by atoms with Gasteiger partial charge in [0.25, 0.3) is 5.91 Å². The molecule has 1 aromatic heterocycles. The summed E-state index contributed by atoms with van der Waals surface area (Å²) in [5.74, 6) is -0.654. The Hall–Kier alpha value is -3.22. The van der Waals surface area contributed by atoms with Crippen LogP contribution in [0.15, 0.2) is 54.7 Å². The van der Waals surface area contributed by atoms with Crippen molar-refractivity contribution >= 4 is 5.91 Å². The first-order chi connectivity index (χ1) is 14.6. The van der Waals surface area contributed by atoms with Gasteiger partial charge in [0.1, 0.15) is 18.2 Å². The highest BCUT2D eigenvalue weighted by Gasteiger charge is 2.23. The molecule has 0 atom stereocenters. The predicted octanol–water partition coefficient (Wildman–Crippen LogP) is 4.79. The molecule has 4 rings (SSSR count). The second-order valence-corrected chi connectivity index (χ2v) is 7.49. The highest BCUT2D eigenvalue weighted by molar-refractivity contribution is 5.95. The van der Waals surface area contributed by atoms with E-state index in [2.05, 4.69) is 10.4 Å². The molecule has 1 saturated carbocycles. The molecule has 1 amide bonds. The van der Waals surface area contributed by atoms with E-state index in [1.165, 1.54) is 35.4 Å². The Labute approximate surface area is 173 Å². The van der Waals surface area contributed by atoms with Gasteiger partial charge in [-0.2, -0.15) is 5.10 Å². The van der Waals surface area contributed by atoms with Crippen molar-refractivity contribution < 1.29 is 18.3 Å². The fraction of sp³-hybridized carbons (Fsp3) is 0.304. The van der Waals surface area contributed by atoms with Gasteiger partial charge in [-0.3, -0.25) is 4.79 Å². The van der Waals surface area contributed by atoms with Gasteiger partial charge in [-0.15, -0.1) is 0 Å². The maximum absolute atomic E-state index is 13.3. The van der Waals surface area contributed by atoms with Gasteiger partial charge in [0.05, 0.1) is 11.9 Å². The summed E-state index contributed by atoms with van der Waals surface area (Å²) in [6.45, 7) is 0.166. The molecule has 0 aliphatic heterocycles. The largest absolute Gasteiger partial charge is 0.485 e. The standard InChI is InChI=1S/C23H23F2N3O2/c24-17-8-6-16(7-9-17)15-30-21-14-28(20-12-10-18(25)11-13-20)27-22(21)23(29)26-19-4-2-1-3-5-19/h6-14,19H,1-5,15H2,(H,26,29). The van der Waals surface area contributed by atoms with Gasteiger partial charge in [-0.1, -0.05) is 31.4 Å². The van der Waals surface area contributed by atoms with Crippen molar-refractivity contribution in [2.24, 2.45) is 0 Å². The number of rotatable bonds is 6. The molecular formula is C23H23F2N3O2. The smallest absolute Gasteiger partial charge is 0.275 e. The third-order valence-electron chi connectivity index (χ3n) is 5.23. The maximum Gasteiger partial charge on any atom is 0.275 e. The first-order valence-corrected chi connectivity index (χ1v) is 10.1. The van der Waals surface area contributed by atoms with Gasteiger partial charge < -0.3 is 10.1 Å². The van der Waals surface area contributed by atoms with Crippen LogP contribution in [0, 0.1) is 11.6 Å². The van der Waals surface area contributed by atoms with Crippen LogP contribution in [-0.4, -0.2) is 21.7 Å². The average Bonchev–Trinajstić information content (AvgIpc) is 3.19. The Morgan fingerprint density at radius 1 is 1.00 bits per heavy atom. The van der Waals surface area contributed by atoms with E-state index in [0.29, 0.717) is 11.4 Å². The molecule has 1 fully saturated rings. The molecule has 156 valence electrons. The minimum Gasteiger partial charge on any atom is -0.485 e. The van der Waals surface area contributed by atoms with Crippen LogP contribution < -0.4 is 10.1 Å². The second-order valence-electron chi connectivity index (χ2n) is 7.49. The van der Waals surface area contributed by atoms with Gasteiger partial charge in [0, 0.05) is 6.04 Å². The van der Waals surface area contributed by atoms with Crippen molar-refractivity contribution in [2.75, 3.05) is 0 Å². The topological polar surface area (TPSA) is 56.2 Å². The van der Waals surface area contributed by atoms with Crippen molar-refractivity contribution in [1.29, 1.82) is 0 Å². The van der Waals surface area contributed by atoms with Crippen LogP contribution in [0.2, 0.25) is 0 Å². The number of nitrogens with zero attached hydrogens (tertiary/aromatic N) is 2. The molecule has 7 heteroatoms. The van der Waals surface area contributed by atoms with Crippen LogP contribution in [0.3, 0.4) is 0 Å². The maximum atomic E-state index is 13.3. The van der Waals surface area contributed by atoms with Crippen LogP contribution >= 0.6 is 0 Å². The van der Waals surface area contributed by atoms with Crippen LogP contribution in [0.5, 0.6) is 5.75 Å². The molecule has 1 aliphatic rings. The molecule has 1 heterocycles. The summed E-state index contributed by atoms with van der Waals surface area (Å²) in [5.41, 5.74) is 1.55. The minimum atomic E-state index is -0.353. The lowest BCUT2D eigenvalue weighted by Gasteiger charge is -2.22. The normalized spacial score (nSPS) is 14.5. The number of ether oxygens (including phenoxy) is 1. The molecule has 0 bridgehead atoms. The molecule has 0 saturated heterocycles. The number of amides is 1. The molecule has 0 spiro atoms. The first kappa shape index (κ1) is 20.1. The third-order valence-corrected chi connectivity index (χ3v) is 5.23. The highest BCUT2D eigenvalue weighted by Crippen LogP contribution is 2.23. The van der Waals surface area contributed by atoms with Gasteiger partial charge in [0.2, 0.25) is 0 Å². The quantitative estimate of drug-likeness (QED) is 0.634. The fourth-order valence-electron chi connectivity index (χ4n) is 3.59. The molecule has 0 radical (unpaired) electrons. The molecule has 30 heavy (non-hydrogen) atoms. The lowest BCUT2D eigenvalue weighted by Crippen LogP contribution is -2.36. The van der Waals surface area contributed by atoms with Crippen molar-refractivity contribution in [3.05, 3.63) is 77.6 Å². The molecule has 2 aromatic carbocycles.